The van der Waals surface area contributed by atoms with Gasteiger partial charge in [-0.05, 0) is 13.8 Å². The lowest BCUT2D eigenvalue weighted by molar-refractivity contribution is 0.0367. The minimum Gasteiger partial charge on any atom is -0.274 e. The maximum atomic E-state index is 11.6. The van der Waals surface area contributed by atoms with Crippen molar-refractivity contribution in [2.45, 2.75) is 33.6 Å². The molecule has 1 rings (SSSR count). The van der Waals surface area contributed by atoms with E-state index in [9.17, 15) is 4.79 Å². The van der Waals surface area contributed by atoms with Gasteiger partial charge in [0.25, 0.3) is 5.91 Å². The van der Waals surface area contributed by atoms with Crippen molar-refractivity contribution in [3.8, 4) is 0 Å². The maximum Gasteiger partial charge on any atom is 0.286 e. The Balaban J connectivity index is 2.80. The molecule has 0 aromatic carbocycles. The van der Waals surface area contributed by atoms with Gasteiger partial charge in [-0.1, -0.05) is 13.8 Å². The Bertz CT molecular complexity index is 347. The van der Waals surface area contributed by atoms with Gasteiger partial charge in [-0.15, -0.1) is 11.3 Å². The predicted octanol–water partition coefficient (Wildman–Crippen LogP) is 2.26. The molecule has 1 aromatic rings. The monoisotopic (exact) mass is 228 g/mol. The summed E-state index contributed by atoms with van der Waals surface area (Å²) >= 11 is 1.42. The molecule has 0 radical (unpaired) electrons. The van der Waals surface area contributed by atoms with Crippen molar-refractivity contribution >= 4 is 17.2 Å². The minimum absolute atomic E-state index is 0.209. The van der Waals surface area contributed by atoms with Crippen molar-refractivity contribution in [1.82, 2.24) is 10.5 Å². The summed E-state index contributed by atoms with van der Waals surface area (Å²) in [6, 6.07) is 0. The summed E-state index contributed by atoms with van der Waals surface area (Å²) in [5.74, 6) is 0.140. The van der Waals surface area contributed by atoms with Gasteiger partial charge in [0.1, 0.15) is 4.88 Å². The number of carbonyl (C=O) groups excluding carboxylic acids is 1. The fourth-order valence-corrected chi connectivity index (χ4v) is 2.01. The molecule has 0 unspecified atom stereocenters. The van der Waals surface area contributed by atoms with Gasteiger partial charge >= 0.3 is 0 Å². The molecule has 84 valence electrons. The van der Waals surface area contributed by atoms with Gasteiger partial charge in [-0.3, -0.25) is 9.63 Å². The molecule has 15 heavy (non-hydrogen) atoms. The van der Waals surface area contributed by atoms with Gasteiger partial charge in [0, 0.05) is 5.92 Å². The number of thiazole rings is 1. The summed E-state index contributed by atoms with van der Waals surface area (Å²) in [7, 11) is 0. The van der Waals surface area contributed by atoms with Gasteiger partial charge < -0.3 is 0 Å². The zero-order valence-corrected chi connectivity index (χ0v) is 10.3. The number of aromatic nitrogens is 1. The molecule has 0 aliphatic heterocycles. The minimum atomic E-state index is -0.209. The lowest BCUT2D eigenvalue weighted by Gasteiger charge is -2.01. The van der Waals surface area contributed by atoms with Crippen LogP contribution in [-0.2, 0) is 4.84 Å². The van der Waals surface area contributed by atoms with E-state index in [4.69, 9.17) is 4.84 Å². The van der Waals surface area contributed by atoms with Crippen LogP contribution in [0.1, 0.15) is 47.1 Å². The second kappa shape index (κ2) is 5.23. The molecule has 4 nitrogen and oxygen atoms in total. The van der Waals surface area contributed by atoms with Crippen molar-refractivity contribution in [3.63, 3.8) is 0 Å². The van der Waals surface area contributed by atoms with Crippen molar-refractivity contribution in [3.05, 3.63) is 15.6 Å². The van der Waals surface area contributed by atoms with Gasteiger partial charge in [-0.25, -0.2) is 10.5 Å². The molecule has 1 amide bonds. The molecule has 1 aromatic heterocycles. The van der Waals surface area contributed by atoms with E-state index in [-0.39, 0.29) is 5.91 Å². The smallest absolute Gasteiger partial charge is 0.274 e. The first kappa shape index (κ1) is 12.1. The summed E-state index contributed by atoms with van der Waals surface area (Å²) < 4.78 is 0. The number of nitrogens with zero attached hydrogens (tertiary/aromatic N) is 1. The molecule has 0 spiro atoms. The highest BCUT2D eigenvalue weighted by molar-refractivity contribution is 7.13. The third-order valence-corrected chi connectivity index (χ3v) is 3.28. The highest BCUT2D eigenvalue weighted by atomic mass is 32.1. The molecule has 0 aliphatic carbocycles. The molecular formula is C10H16N2O2S. The number of aryl methyl sites for hydroxylation is 1. The van der Waals surface area contributed by atoms with E-state index in [0.29, 0.717) is 17.4 Å². The Morgan fingerprint density at radius 1 is 1.60 bits per heavy atom. The van der Waals surface area contributed by atoms with Crippen LogP contribution in [-0.4, -0.2) is 17.5 Å². The Morgan fingerprint density at radius 3 is 2.73 bits per heavy atom. The molecule has 0 atom stereocenters. The highest BCUT2D eigenvalue weighted by Gasteiger charge is 2.16. The van der Waals surface area contributed by atoms with Crippen molar-refractivity contribution < 1.29 is 9.63 Å². The van der Waals surface area contributed by atoms with E-state index < -0.39 is 0 Å². The zero-order valence-electron chi connectivity index (χ0n) is 9.46. The fourth-order valence-electron chi connectivity index (χ4n) is 1.06. The van der Waals surface area contributed by atoms with E-state index in [1.165, 1.54) is 11.3 Å². The second-order valence-electron chi connectivity index (χ2n) is 3.49. The van der Waals surface area contributed by atoms with Crippen LogP contribution < -0.4 is 5.48 Å². The first-order valence-electron chi connectivity index (χ1n) is 4.95. The lowest BCUT2D eigenvalue weighted by atomic mass is 10.2. The maximum absolute atomic E-state index is 11.6. The Morgan fingerprint density at radius 2 is 2.27 bits per heavy atom. The molecule has 0 saturated heterocycles. The van der Waals surface area contributed by atoms with Gasteiger partial charge in [-0.2, -0.15) is 0 Å². The lowest BCUT2D eigenvalue weighted by Crippen LogP contribution is -2.23. The Kier molecular flexibility index (Phi) is 4.23. The zero-order chi connectivity index (χ0) is 11.4. The SMILES string of the molecule is CCONC(=O)c1sc(C(C)C)nc1C. The van der Waals surface area contributed by atoms with E-state index in [1.807, 2.05) is 13.8 Å². The van der Waals surface area contributed by atoms with Crippen LogP contribution in [0.15, 0.2) is 0 Å². The first-order valence-corrected chi connectivity index (χ1v) is 5.77. The molecule has 1 N–H and O–H groups in total. The average molecular weight is 228 g/mol. The number of carbonyl (C=O) groups is 1. The van der Waals surface area contributed by atoms with E-state index in [1.54, 1.807) is 0 Å². The number of nitrogens with one attached hydrogen (secondary N) is 1. The van der Waals surface area contributed by atoms with Gasteiger partial charge in [0.05, 0.1) is 17.3 Å². The van der Waals surface area contributed by atoms with Gasteiger partial charge in [0.15, 0.2) is 0 Å². The standard InChI is InChI=1S/C10H16N2O2S/c1-5-14-12-9(13)8-7(4)11-10(15-8)6(2)3/h6H,5H2,1-4H3,(H,12,13). The highest BCUT2D eigenvalue weighted by Crippen LogP contribution is 2.24. The molecule has 0 saturated carbocycles. The Hall–Kier alpha value is -0.940. The van der Waals surface area contributed by atoms with E-state index in [0.717, 1.165) is 10.7 Å². The predicted molar refractivity (Wildman–Crippen MR) is 60.0 cm³/mol. The van der Waals surface area contributed by atoms with Crippen LogP contribution in [0, 0.1) is 6.92 Å². The van der Waals surface area contributed by atoms with Gasteiger partial charge in [0.2, 0.25) is 0 Å². The fraction of sp³-hybridized carbons (Fsp3) is 0.600. The van der Waals surface area contributed by atoms with Crippen LogP contribution in [0.4, 0.5) is 0 Å². The largest absolute Gasteiger partial charge is 0.286 e. The molecule has 0 aliphatic rings. The normalized spacial score (nSPS) is 10.7. The van der Waals surface area contributed by atoms with Crippen LogP contribution in [0.2, 0.25) is 0 Å². The third kappa shape index (κ3) is 3.00. The summed E-state index contributed by atoms with van der Waals surface area (Å²) in [5, 5.41) is 0.981. The van der Waals surface area contributed by atoms with Crippen LogP contribution in [0.25, 0.3) is 0 Å². The molecule has 0 bridgehead atoms. The van der Waals surface area contributed by atoms with E-state index in [2.05, 4.69) is 24.3 Å². The third-order valence-electron chi connectivity index (χ3n) is 1.82. The molecule has 0 fully saturated rings. The summed E-state index contributed by atoms with van der Waals surface area (Å²) in [4.78, 5) is 21.4. The molecule has 5 heteroatoms. The van der Waals surface area contributed by atoms with Crippen molar-refractivity contribution in [2.24, 2.45) is 0 Å². The number of hydroxylamine groups is 1. The summed E-state index contributed by atoms with van der Waals surface area (Å²) in [5.41, 5.74) is 3.14. The quantitative estimate of drug-likeness (QED) is 0.804. The van der Waals surface area contributed by atoms with Crippen LogP contribution in [0.5, 0.6) is 0 Å². The Labute approximate surface area is 93.6 Å². The van der Waals surface area contributed by atoms with E-state index >= 15 is 0 Å². The molecule has 1 heterocycles. The number of amides is 1. The number of rotatable bonds is 4. The van der Waals surface area contributed by atoms with Crippen LogP contribution >= 0.6 is 11.3 Å². The average Bonchev–Trinajstić information content (AvgIpc) is 2.57. The summed E-state index contributed by atoms with van der Waals surface area (Å²) in [6.45, 7) is 8.23. The summed E-state index contributed by atoms with van der Waals surface area (Å²) in [6.07, 6.45) is 0. The van der Waals surface area contributed by atoms with Crippen molar-refractivity contribution in [1.29, 1.82) is 0 Å². The number of hydrogen-bond acceptors (Lipinski definition) is 4. The van der Waals surface area contributed by atoms with Crippen molar-refractivity contribution in [2.75, 3.05) is 6.61 Å². The number of hydrogen-bond donors (Lipinski definition) is 1. The van der Waals surface area contributed by atoms with Crippen LogP contribution in [0.3, 0.4) is 0 Å². The second-order valence-corrected chi connectivity index (χ2v) is 4.52. The first-order chi connectivity index (χ1) is 7.06. The topological polar surface area (TPSA) is 51.2 Å². The molecular weight excluding hydrogens is 212 g/mol.